The molecule has 0 radical (unpaired) electrons. The molecule has 1 saturated heterocycles. The monoisotopic (exact) mass is 396 g/mol. The van der Waals surface area contributed by atoms with Crippen LogP contribution in [0, 0.1) is 6.92 Å². The number of hydrogen-bond donors (Lipinski definition) is 1. The summed E-state index contributed by atoms with van der Waals surface area (Å²) in [6, 6.07) is 1.69. The summed E-state index contributed by atoms with van der Waals surface area (Å²) in [6.07, 6.45) is 4.08. The molecule has 1 amide bonds. The van der Waals surface area contributed by atoms with Gasteiger partial charge in [0.1, 0.15) is 0 Å². The van der Waals surface area contributed by atoms with Crippen LogP contribution in [0.4, 0.5) is 0 Å². The van der Waals surface area contributed by atoms with Gasteiger partial charge >= 0.3 is 0 Å². The maximum Gasteiger partial charge on any atom is 0.290 e. The molecule has 7 nitrogen and oxygen atoms in total. The Kier molecular flexibility index (Phi) is 7.96. The van der Waals surface area contributed by atoms with Crippen LogP contribution in [0.5, 0.6) is 0 Å². The highest BCUT2D eigenvalue weighted by Gasteiger charge is 2.22. The third-order valence-electron chi connectivity index (χ3n) is 3.93. The number of thiazole rings is 1. The van der Waals surface area contributed by atoms with Crippen molar-refractivity contribution in [1.29, 1.82) is 0 Å². The van der Waals surface area contributed by atoms with Crippen molar-refractivity contribution in [3.63, 3.8) is 0 Å². The number of aryl methyl sites for hydroxylation is 1. The maximum absolute atomic E-state index is 12.6. The van der Waals surface area contributed by atoms with E-state index in [-0.39, 0.29) is 12.4 Å². The van der Waals surface area contributed by atoms with Crippen LogP contribution in [0.25, 0.3) is 0 Å². The van der Waals surface area contributed by atoms with Gasteiger partial charge in [-0.15, -0.1) is 11.3 Å². The lowest BCUT2D eigenvalue weighted by atomic mass is 10.2. The Hall–Kier alpha value is -2.03. The van der Waals surface area contributed by atoms with Crippen molar-refractivity contribution in [2.75, 3.05) is 26.2 Å². The van der Waals surface area contributed by atoms with Crippen LogP contribution >= 0.6 is 22.9 Å². The topological polar surface area (TPSA) is 86.6 Å². The van der Waals surface area contributed by atoms with Crippen molar-refractivity contribution >= 4 is 35.3 Å². The molecule has 9 heteroatoms. The van der Waals surface area contributed by atoms with Crippen molar-refractivity contribution in [2.24, 2.45) is 0 Å². The average Bonchev–Trinajstić information content (AvgIpc) is 2.89. The molecule has 2 aromatic heterocycles. The van der Waals surface area contributed by atoms with E-state index in [1.54, 1.807) is 23.6 Å². The summed E-state index contributed by atoms with van der Waals surface area (Å²) >= 11 is 7.77. The lowest BCUT2D eigenvalue weighted by molar-refractivity contribution is -0.122. The van der Waals surface area contributed by atoms with Crippen LogP contribution in [0.15, 0.2) is 23.8 Å². The number of carbonyl (C=O) groups is 2. The molecule has 3 rings (SSSR count). The number of pyridine rings is 1. The molecular weight excluding hydrogens is 376 g/mol. The molecule has 1 aliphatic heterocycles. The van der Waals surface area contributed by atoms with Crippen LogP contribution < -0.4 is 0 Å². The predicted molar refractivity (Wildman–Crippen MR) is 101 cm³/mol. The van der Waals surface area contributed by atoms with Crippen molar-refractivity contribution in [3.05, 3.63) is 45.1 Å². The molecule has 0 aromatic carbocycles. The zero-order chi connectivity index (χ0) is 18.9. The van der Waals surface area contributed by atoms with Gasteiger partial charge in [-0.25, -0.2) is 4.98 Å². The smallest absolute Gasteiger partial charge is 0.290 e. The van der Waals surface area contributed by atoms with Crippen LogP contribution in [0.2, 0.25) is 5.02 Å². The molecule has 1 N–H and O–H groups in total. The fourth-order valence-corrected chi connectivity index (χ4v) is 3.57. The maximum atomic E-state index is 12.6. The fraction of sp³-hybridized carbons (Fsp3) is 0.412. The number of nitrogens with zero attached hydrogens (tertiary/aromatic N) is 4. The van der Waals surface area contributed by atoms with Gasteiger partial charge in [0.25, 0.3) is 12.4 Å². The summed E-state index contributed by atoms with van der Waals surface area (Å²) < 4.78 is 0. The van der Waals surface area contributed by atoms with Crippen molar-refractivity contribution < 1.29 is 14.7 Å². The van der Waals surface area contributed by atoms with Crippen molar-refractivity contribution in [3.8, 4) is 0 Å². The standard InChI is InChI=1S/C16H19ClN4OS.CH2O2/c1-12-19-13(11-23-12)10-20-5-2-6-21(8-7-20)16(22)14-3-4-18-9-15(14)17;2-1-3/h3-4,9,11H,2,5-8,10H2,1H3;1H,(H,2,3). The molecule has 140 valence electrons. The van der Waals surface area contributed by atoms with Gasteiger partial charge < -0.3 is 10.0 Å². The SMILES string of the molecule is Cc1nc(CN2CCCN(C(=O)c3ccncc3Cl)CC2)cs1.O=CO. The Bertz CT molecular complexity index is 740. The molecule has 0 saturated carbocycles. The van der Waals surface area contributed by atoms with E-state index in [1.165, 1.54) is 6.20 Å². The first kappa shape index (κ1) is 20.3. The van der Waals surface area contributed by atoms with Crippen LogP contribution in [-0.4, -0.2) is 63.4 Å². The Balaban J connectivity index is 0.000000758. The van der Waals surface area contributed by atoms with E-state index in [0.717, 1.165) is 43.3 Å². The molecule has 3 heterocycles. The Morgan fingerprint density at radius 2 is 2.15 bits per heavy atom. The summed E-state index contributed by atoms with van der Waals surface area (Å²) in [7, 11) is 0. The Labute approximate surface area is 161 Å². The first-order chi connectivity index (χ1) is 12.5. The van der Waals surface area contributed by atoms with Gasteiger partial charge in [0.2, 0.25) is 0 Å². The molecule has 0 atom stereocenters. The van der Waals surface area contributed by atoms with E-state index in [0.29, 0.717) is 17.1 Å². The average molecular weight is 397 g/mol. The quantitative estimate of drug-likeness (QED) is 0.802. The van der Waals surface area contributed by atoms with Gasteiger partial charge in [-0.05, 0) is 19.4 Å². The first-order valence-corrected chi connectivity index (χ1v) is 9.41. The third-order valence-corrected chi connectivity index (χ3v) is 5.05. The fourth-order valence-electron chi connectivity index (χ4n) is 2.76. The van der Waals surface area contributed by atoms with E-state index in [9.17, 15) is 4.79 Å². The molecule has 1 fully saturated rings. The van der Waals surface area contributed by atoms with Gasteiger partial charge in [-0.3, -0.25) is 19.5 Å². The third kappa shape index (κ3) is 5.76. The van der Waals surface area contributed by atoms with Crippen LogP contribution in [-0.2, 0) is 11.3 Å². The van der Waals surface area contributed by atoms with Crippen molar-refractivity contribution in [1.82, 2.24) is 19.8 Å². The molecule has 0 bridgehead atoms. The second-order valence-corrected chi connectivity index (χ2v) is 7.21. The lowest BCUT2D eigenvalue weighted by Crippen LogP contribution is -2.35. The number of halogens is 1. The Morgan fingerprint density at radius 1 is 1.38 bits per heavy atom. The van der Waals surface area contributed by atoms with Crippen LogP contribution in [0.3, 0.4) is 0 Å². The molecule has 1 aliphatic rings. The second-order valence-electron chi connectivity index (χ2n) is 5.74. The molecule has 0 spiro atoms. The number of hydrogen-bond acceptors (Lipinski definition) is 6. The summed E-state index contributed by atoms with van der Waals surface area (Å²) in [5, 5.41) is 10.5. The van der Waals surface area contributed by atoms with Gasteiger partial charge in [0.15, 0.2) is 0 Å². The van der Waals surface area contributed by atoms with Gasteiger partial charge in [-0.2, -0.15) is 0 Å². The number of carboxylic acid groups (broad SMARTS) is 1. The highest BCUT2D eigenvalue weighted by atomic mass is 35.5. The van der Waals surface area contributed by atoms with Gasteiger partial charge in [-0.1, -0.05) is 11.6 Å². The van der Waals surface area contributed by atoms with E-state index in [2.05, 4.69) is 20.2 Å². The number of amides is 1. The summed E-state index contributed by atoms with van der Waals surface area (Å²) in [5.74, 6) is -0.0104. The lowest BCUT2D eigenvalue weighted by Gasteiger charge is -2.22. The molecule has 0 unspecified atom stereocenters. The summed E-state index contributed by atoms with van der Waals surface area (Å²) in [5.41, 5.74) is 1.65. The number of rotatable bonds is 3. The largest absolute Gasteiger partial charge is 0.483 e. The van der Waals surface area contributed by atoms with E-state index in [4.69, 9.17) is 21.5 Å². The minimum Gasteiger partial charge on any atom is -0.483 e. The second kappa shape index (κ2) is 10.2. The minimum absolute atomic E-state index is 0.0104. The number of aromatic nitrogens is 2. The van der Waals surface area contributed by atoms with E-state index in [1.807, 2.05) is 11.8 Å². The first-order valence-electron chi connectivity index (χ1n) is 8.15. The molecule has 2 aromatic rings. The molecule has 0 aliphatic carbocycles. The van der Waals surface area contributed by atoms with E-state index >= 15 is 0 Å². The zero-order valence-corrected chi connectivity index (χ0v) is 16.0. The zero-order valence-electron chi connectivity index (χ0n) is 14.5. The van der Waals surface area contributed by atoms with Crippen LogP contribution in [0.1, 0.15) is 27.5 Å². The predicted octanol–water partition coefficient (Wildman–Crippen LogP) is 2.55. The highest BCUT2D eigenvalue weighted by molar-refractivity contribution is 7.09. The highest BCUT2D eigenvalue weighted by Crippen LogP contribution is 2.18. The Morgan fingerprint density at radius 3 is 2.81 bits per heavy atom. The molecule has 26 heavy (non-hydrogen) atoms. The van der Waals surface area contributed by atoms with Gasteiger partial charge in [0.05, 0.1) is 21.3 Å². The van der Waals surface area contributed by atoms with Crippen molar-refractivity contribution in [2.45, 2.75) is 19.9 Å². The van der Waals surface area contributed by atoms with Gasteiger partial charge in [0, 0.05) is 50.5 Å². The molecular formula is C17H21ClN4O3S. The van der Waals surface area contributed by atoms with E-state index < -0.39 is 0 Å². The normalized spacial score (nSPS) is 14.9. The summed E-state index contributed by atoms with van der Waals surface area (Å²) in [6.45, 7) is 5.91. The summed E-state index contributed by atoms with van der Waals surface area (Å²) in [4.78, 5) is 33.7. The number of carbonyl (C=O) groups excluding carboxylic acids is 1. The minimum atomic E-state index is -0.250.